The van der Waals surface area contributed by atoms with Crippen molar-refractivity contribution in [1.29, 1.82) is 0 Å². The molecule has 1 fully saturated rings. The van der Waals surface area contributed by atoms with Crippen LogP contribution in [0.1, 0.15) is 50.8 Å². The minimum Gasteiger partial charge on any atom is -0.299 e. The summed E-state index contributed by atoms with van der Waals surface area (Å²) in [5.74, 6) is 0.609. The Hall–Kier alpha value is -0.990. The van der Waals surface area contributed by atoms with Crippen LogP contribution in [0.5, 0.6) is 0 Å². The van der Waals surface area contributed by atoms with E-state index in [-0.39, 0.29) is 11.0 Å². The number of hydrogen-bond donors (Lipinski definition) is 1. The van der Waals surface area contributed by atoms with Gasteiger partial charge in [0, 0.05) is 24.2 Å². The van der Waals surface area contributed by atoms with Gasteiger partial charge in [-0.05, 0) is 18.3 Å². The molecule has 0 radical (unpaired) electrons. The van der Waals surface area contributed by atoms with Crippen molar-refractivity contribution in [2.75, 3.05) is 0 Å². The molecule has 1 N–H and O–H groups in total. The van der Waals surface area contributed by atoms with Crippen LogP contribution < -0.4 is 5.56 Å². The largest absolute Gasteiger partial charge is 0.299 e. The van der Waals surface area contributed by atoms with Gasteiger partial charge in [0.05, 0.1) is 0 Å². The number of aryl methyl sites for hydroxylation is 1. The van der Waals surface area contributed by atoms with Crippen LogP contribution in [0.15, 0.2) is 4.79 Å². The van der Waals surface area contributed by atoms with Crippen LogP contribution in [-0.2, 0) is 12.5 Å². The second-order valence-corrected chi connectivity index (χ2v) is 5.29. The number of H-pyrrole nitrogens is 1. The summed E-state index contributed by atoms with van der Waals surface area (Å²) in [5, 5.41) is 3.19. The number of aromatic amines is 1. The minimum atomic E-state index is -0.0488. The first-order valence-corrected chi connectivity index (χ1v) is 5.20. The number of aromatic nitrogens is 2. The van der Waals surface area contributed by atoms with E-state index in [1.807, 2.05) is 0 Å². The molecule has 0 spiro atoms. The molecule has 0 atom stereocenters. The van der Waals surface area contributed by atoms with Gasteiger partial charge < -0.3 is 0 Å². The summed E-state index contributed by atoms with van der Waals surface area (Å²) in [6.45, 7) is 6.30. The summed E-state index contributed by atoms with van der Waals surface area (Å²) >= 11 is 0. The average molecular weight is 194 g/mol. The topological polar surface area (TPSA) is 37.8 Å². The van der Waals surface area contributed by atoms with Crippen molar-refractivity contribution in [3.8, 4) is 0 Å². The first-order valence-electron chi connectivity index (χ1n) is 5.20. The molecule has 0 amide bonds. The van der Waals surface area contributed by atoms with Crippen molar-refractivity contribution in [2.45, 2.75) is 44.9 Å². The summed E-state index contributed by atoms with van der Waals surface area (Å²) in [7, 11) is 1.80. The van der Waals surface area contributed by atoms with Gasteiger partial charge in [-0.1, -0.05) is 20.8 Å². The Morgan fingerprint density at radius 2 is 1.93 bits per heavy atom. The minimum absolute atomic E-state index is 0.0488. The zero-order chi connectivity index (χ0) is 10.5. The molecule has 1 aliphatic carbocycles. The molecule has 0 aliphatic heterocycles. The molecule has 0 saturated heterocycles. The highest BCUT2D eigenvalue weighted by molar-refractivity contribution is 5.30. The molecule has 1 aromatic heterocycles. The fourth-order valence-electron chi connectivity index (χ4n) is 1.96. The predicted octanol–water partition coefficient (Wildman–Crippen LogP) is 1.89. The summed E-state index contributed by atoms with van der Waals surface area (Å²) in [5.41, 5.74) is 2.24. The van der Waals surface area contributed by atoms with Gasteiger partial charge in [-0.3, -0.25) is 14.6 Å². The second-order valence-electron chi connectivity index (χ2n) is 5.29. The predicted molar refractivity (Wildman–Crippen MR) is 56.7 cm³/mol. The molecule has 3 nitrogen and oxygen atoms in total. The van der Waals surface area contributed by atoms with Gasteiger partial charge in [-0.15, -0.1) is 0 Å². The van der Waals surface area contributed by atoms with Crippen LogP contribution in [0.3, 0.4) is 0 Å². The maximum absolute atomic E-state index is 11.9. The average Bonchev–Trinajstić information content (AvgIpc) is 2.78. The molecule has 1 saturated carbocycles. The molecule has 1 heterocycles. The quantitative estimate of drug-likeness (QED) is 0.728. The third-order valence-electron chi connectivity index (χ3n) is 2.81. The molecular weight excluding hydrogens is 176 g/mol. The molecule has 0 unspecified atom stereocenters. The first-order chi connectivity index (χ1) is 6.41. The molecule has 3 heteroatoms. The van der Waals surface area contributed by atoms with Gasteiger partial charge in [0.1, 0.15) is 0 Å². The van der Waals surface area contributed by atoms with E-state index >= 15 is 0 Å². The standard InChI is InChI=1S/C11H18N2O/c1-11(2,3)8-9(7-5-6-7)12-13(4)10(8)14/h7,12H,5-6H2,1-4H3. The van der Waals surface area contributed by atoms with E-state index in [9.17, 15) is 4.79 Å². The monoisotopic (exact) mass is 194 g/mol. The Bertz CT molecular complexity index is 402. The van der Waals surface area contributed by atoms with Crippen molar-refractivity contribution in [1.82, 2.24) is 9.78 Å². The van der Waals surface area contributed by atoms with Crippen LogP contribution in [0.4, 0.5) is 0 Å². The van der Waals surface area contributed by atoms with Gasteiger partial charge in [0.15, 0.2) is 0 Å². The molecule has 0 aromatic carbocycles. The highest BCUT2D eigenvalue weighted by Crippen LogP contribution is 2.42. The summed E-state index contributed by atoms with van der Waals surface area (Å²) in [6, 6.07) is 0. The van der Waals surface area contributed by atoms with Crippen molar-refractivity contribution in [3.05, 3.63) is 21.6 Å². The number of hydrogen-bond acceptors (Lipinski definition) is 1. The van der Waals surface area contributed by atoms with E-state index in [0.717, 1.165) is 5.56 Å². The molecule has 14 heavy (non-hydrogen) atoms. The summed E-state index contributed by atoms with van der Waals surface area (Å²) in [4.78, 5) is 11.9. The Morgan fingerprint density at radius 3 is 2.36 bits per heavy atom. The lowest BCUT2D eigenvalue weighted by Crippen LogP contribution is -2.24. The molecule has 2 rings (SSSR count). The normalized spacial score (nSPS) is 17.4. The van der Waals surface area contributed by atoms with Gasteiger partial charge in [0.25, 0.3) is 5.56 Å². The maximum Gasteiger partial charge on any atom is 0.270 e. The molecule has 1 aliphatic rings. The summed E-state index contributed by atoms with van der Waals surface area (Å²) < 4.78 is 1.61. The van der Waals surface area contributed by atoms with E-state index in [1.54, 1.807) is 11.7 Å². The Kier molecular flexibility index (Phi) is 1.88. The van der Waals surface area contributed by atoms with Crippen molar-refractivity contribution in [2.24, 2.45) is 7.05 Å². The lowest BCUT2D eigenvalue weighted by molar-refractivity contribution is 0.576. The summed E-state index contributed by atoms with van der Waals surface area (Å²) in [6.07, 6.45) is 2.45. The highest BCUT2D eigenvalue weighted by atomic mass is 16.1. The van der Waals surface area contributed by atoms with E-state index < -0.39 is 0 Å². The van der Waals surface area contributed by atoms with E-state index in [1.165, 1.54) is 18.5 Å². The highest BCUT2D eigenvalue weighted by Gasteiger charge is 2.34. The number of nitrogens with zero attached hydrogens (tertiary/aromatic N) is 1. The van der Waals surface area contributed by atoms with E-state index in [0.29, 0.717) is 5.92 Å². The molecule has 0 bridgehead atoms. The zero-order valence-electron chi connectivity index (χ0n) is 9.35. The number of rotatable bonds is 1. The van der Waals surface area contributed by atoms with Crippen LogP contribution in [0.2, 0.25) is 0 Å². The molecular formula is C11H18N2O. The fraction of sp³-hybridized carbons (Fsp3) is 0.727. The van der Waals surface area contributed by atoms with Crippen LogP contribution in [0, 0.1) is 0 Å². The van der Waals surface area contributed by atoms with Crippen molar-refractivity contribution < 1.29 is 0 Å². The Balaban J connectivity index is 2.60. The van der Waals surface area contributed by atoms with Gasteiger partial charge in [-0.2, -0.15) is 0 Å². The van der Waals surface area contributed by atoms with Gasteiger partial charge in [-0.25, -0.2) is 0 Å². The van der Waals surface area contributed by atoms with Crippen molar-refractivity contribution >= 4 is 0 Å². The van der Waals surface area contributed by atoms with E-state index in [4.69, 9.17) is 0 Å². The van der Waals surface area contributed by atoms with Crippen molar-refractivity contribution in [3.63, 3.8) is 0 Å². The number of nitrogens with one attached hydrogen (secondary N) is 1. The smallest absolute Gasteiger partial charge is 0.270 e. The SMILES string of the molecule is Cn1[nH]c(C2CC2)c(C(C)(C)C)c1=O. The lowest BCUT2D eigenvalue weighted by atomic mass is 9.86. The fourth-order valence-corrected chi connectivity index (χ4v) is 1.96. The first kappa shape index (κ1) is 9.56. The Labute approximate surface area is 84.1 Å². The maximum atomic E-state index is 11.9. The lowest BCUT2D eigenvalue weighted by Gasteiger charge is -2.17. The van der Waals surface area contributed by atoms with Crippen LogP contribution in [-0.4, -0.2) is 9.78 Å². The second kappa shape index (κ2) is 2.75. The zero-order valence-corrected chi connectivity index (χ0v) is 9.35. The van der Waals surface area contributed by atoms with Gasteiger partial charge >= 0.3 is 0 Å². The third kappa shape index (κ3) is 1.41. The van der Waals surface area contributed by atoms with Crippen LogP contribution >= 0.6 is 0 Å². The Morgan fingerprint density at radius 1 is 1.36 bits per heavy atom. The van der Waals surface area contributed by atoms with E-state index in [2.05, 4.69) is 25.9 Å². The molecule has 1 aromatic rings. The van der Waals surface area contributed by atoms with Crippen LogP contribution in [0.25, 0.3) is 0 Å². The third-order valence-corrected chi connectivity index (χ3v) is 2.81. The van der Waals surface area contributed by atoms with Gasteiger partial charge in [0.2, 0.25) is 0 Å². The molecule has 78 valence electrons.